The zero-order valence-corrected chi connectivity index (χ0v) is 29.7. The van der Waals surface area contributed by atoms with E-state index in [4.69, 9.17) is 28.4 Å². The maximum absolute atomic E-state index is 13.2. The summed E-state index contributed by atoms with van der Waals surface area (Å²) in [4.78, 5) is 34.5. The molecule has 0 saturated carbocycles. The molecule has 12 heteroatoms. The standard InChI is InChI=1S/C39H48N4O8/c1-7-10-50-38(44)42-24-30-14-26(3)20-40(30)22-28-16-34(46-5)36(18-32(28)42)48-12-9-13-49-37-19-33-29(17-35(37)47-6)23-41-21-27(4)15-31(41)25-43(33)39(45)51-11-8-2/h7-8,16-19,30-31H,1-4,9-15,20-25H2,5-6H3/t30-,31-/m0/s1. The monoisotopic (exact) mass is 700 g/mol. The highest BCUT2D eigenvalue weighted by molar-refractivity contribution is 5.90. The fraction of sp³-hybridized carbons (Fsp3) is 0.436. The largest absolute Gasteiger partial charge is 0.493 e. The number of methoxy groups -OCH3 is 2. The zero-order valence-electron chi connectivity index (χ0n) is 29.7. The summed E-state index contributed by atoms with van der Waals surface area (Å²) in [6.45, 7) is 20.4. The molecule has 2 fully saturated rings. The molecule has 4 heterocycles. The van der Waals surface area contributed by atoms with Gasteiger partial charge in [-0.25, -0.2) is 9.59 Å². The topological polar surface area (TPSA) is 102 Å². The van der Waals surface area contributed by atoms with Crippen molar-refractivity contribution in [3.63, 3.8) is 0 Å². The SMILES string of the molecule is C=CCOC(=O)N1C[C@@H]2CC(=C)CN2Cc2cc(OC)c(OCCCOc3cc4c(cc3OC)CN3CC(=C)C[C@H]3CN4C(=O)OCC=C)cc21. The van der Waals surface area contributed by atoms with Crippen LogP contribution in [0, 0.1) is 0 Å². The maximum Gasteiger partial charge on any atom is 0.414 e. The molecular formula is C39H48N4O8. The third kappa shape index (κ3) is 7.87. The lowest BCUT2D eigenvalue weighted by molar-refractivity contribution is 0.162. The van der Waals surface area contributed by atoms with Crippen molar-refractivity contribution < 1.29 is 38.0 Å². The molecule has 0 aliphatic carbocycles. The second-order valence-corrected chi connectivity index (χ2v) is 13.3. The predicted molar refractivity (Wildman–Crippen MR) is 195 cm³/mol. The van der Waals surface area contributed by atoms with Crippen LogP contribution in [0.4, 0.5) is 21.0 Å². The minimum atomic E-state index is -0.437. The Hall–Kier alpha value is -4.94. The van der Waals surface area contributed by atoms with E-state index < -0.39 is 12.2 Å². The molecule has 6 rings (SSSR count). The lowest BCUT2D eigenvalue weighted by Crippen LogP contribution is -2.40. The molecule has 2 atom stereocenters. The summed E-state index contributed by atoms with van der Waals surface area (Å²) in [7, 11) is 3.21. The molecule has 272 valence electrons. The van der Waals surface area contributed by atoms with Gasteiger partial charge in [-0.2, -0.15) is 0 Å². The number of nitrogens with zero attached hydrogens (tertiary/aromatic N) is 4. The third-order valence-corrected chi connectivity index (χ3v) is 9.67. The van der Waals surface area contributed by atoms with Crippen LogP contribution in [0.15, 0.2) is 73.9 Å². The molecule has 0 N–H and O–H groups in total. The molecule has 0 aromatic heterocycles. The molecular weight excluding hydrogens is 652 g/mol. The van der Waals surface area contributed by atoms with Crippen LogP contribution in [0.25, 0.3) is 0 Å². The van der Waals surface area contributed by atoms with E-state index in [-0.39, 0.29) is 25.3 Å². The van der Waals surface area contributed by atoms with Gasteiger partial charge in [0.1, 0.15) is 13.2 Å². The first-order valence-corrected chi connectivity index (χ1v) is 17.3. The van der Waals surface area contributed by atoms with Gasteiger partial charge < -0.3 is 28.4 Å². The molecule has 0 spiro atoms. The Morgan fingerprint density at radius 2 is 1.12 bits per heavy atom. The number of ether oxygens (including phenoxy) is 6. The predicted octanol–water partition coefficient (Wildman–Crippen LogP) is 6.10. The van der Waals surface area contributed by atoms with Gasteiger partial charge in [0.05, 0.1) is 38.8 Å². The van der Waals surface area contributed by atoms with Gasteiger partial charge in [0, 0.05) is 69.9 Å². The molecule has 2 saturated heterocycles. The first-order chi connectivity index (χ1) is 24.7. The highest BCUT2D eigenvalue weighted by Gasteiger charge is 2.38. The summed E-state index contributed by atoms with van der Waals surface area (Å²) in [5.41, 5.74) is 5.64. The first-order valence-electron chi connectivity index (χ1n) is 17.3. The number of anilines is 2. The number of carbonyl (C=O) groups is 2. The van der Waals surface area contributed by atoms with Crippen molar-refractivity contribution in [3.8, 4) is 23.0 Å². The average Bonchev–Trinajstić information content (AvgIpc) is 3.56. The zero-order chi connectivity index (χ0) is 36.1. The van der Waals surface area contributed by atoms with E-state index in [0.29, 0.717) is 68.8 Å². The summed E-state index contributed by atoms with van der Waals surface area (Å²) >= 11 is 0. The van der Waals surface area contributed by atoms with Gasteiger partial charge in [0.15, 0.2) is 23.0 Å². The Balaban J connectivity index is 1.16. The number of amides is 2. The Labute approximate surface area is 300 Å². The molecule has 2 aromatic carbocycles. The fourth-order valence-corrected chi connectivity index (χ4v) is 7.34. The van der Waals surface area contributed by atoms with Gasteiger partial charge in [0.2, 0.25) is 0 Å². The average molecular weight is 701 g/mol. The van der Waals surface area contributed by atoms with Crippen LogP contribution in [0.3, 0.4) is 0 Å². The second-order valence-electron chi connectivity index (χ2n) is 13.3. The van der Waals surface area contributed by atoms with Crippen molar-refractivity contribution in [1.29, 1.82) is 0 Å². The summed E-state index contributed by atoms with van der Waals surface area (Å²) in [6, 6.07) is 7.87. The molecule has 4 aliphatic heterocycles. The van der Waals surface area contributed by atoms with Crippen molar-refractivity contribution in [2.75, 3.05) is 76.6 Å². The summed E-state index contributed by atoms with van der Waals surface area (Å²) in [5, 5.41) is 0. The fourth-order valence-electron chi connectivity index (χ4n) is 7.34. The summed E-state index contributed by atoms with van der Waals surface area (Å²) < 4.78 is 34.9. The molecule has 4 aliphatic rings. The number of hydrogen-bond acceptors (Lipinski definition) is 10. The summed E-state index contributed by atoms with van der Waals surface area (Å²) in [6.07, 6.45) is 4.41. The van der Waals surface area contributed by atoms with Crippen molar-refractivity contribution in [1.82, 2.24) is 9.80 Å². The van der Waals surface area contributed by atoms with E-state index in [0.717, 1.165) is 59.6 Å². The minimum Gasteiger partial charge on any atom is -0.493 e. The van der Waals surface area contributed by atoms with Crippen LogP contribution < -0.4 is 28.7 Å². The maximum atomic E-state index is 13.2. The number of carbonyl (C=O) groups excluding carboxylic acids is 2. The van der Waals surface area contributed by atoms with E-state index in [1.165, 1.54) is 0 Å². The van der Waals surface area contributed by atoms with Crippen molar-refractivity contribution in [3.05, 3.63) is 85.0 Å². The van der Waals surface area contributed by atoms with Crippen molar-refractivity contribution >= 4 is 23.6 Å². The Morgan fingerprint density at radius 3 is 1.51 bits per heavy atom. The van der Waals surface area contributed by atoms with Gasteiger partial charge in [-0.1, -0.05) is 49.6 Å². The molecule has 51 heavy (non-hydrogen) atoms. The van der Waals surface area contributed by atoms with E-state index in [2.05, 4.69) is 36.1 Å². The smallest absolute Gasteiger partial charge is 0.414 e. The summed E-state index contributed by atoms with van der Waals surface area (Å²) in [5.74, 6) is 2.18. The van der Waals surface area contributed by atoms with E-state index >= 15 is 0 Å². The molecule has 0 unspecified atom stereocenters. The number of fused-ring (bicyclic) bond motifs is 4. The molecule has 12 nitrogen and oxygen atoms in total. The minimum absolute atomic E-state index is 0.118. The van der Waals surface area contributed by atoms with Crippen LogP contribution in [-0.2, 0) is 22.6 Å². The molecule has 0 radical (unpaired) electrons. The van der Waals surface area contributed by atoms with Gasteiger partial charge in [-0.3, -0.25) is 19.6 Å². The van der Waals surface area contributed by atoms with Crippen molar-refractivity contribution in [2.24, 2.45) is 0 Å². The van der Waals surface area contributed by atoms with Gasteiger partial charge >= 0.3 is 12.2 Å². The number of hydrogen-bond donors (Lipinski definition) is 0. The van der Waals surface area contributed by atoms with Crippen LogP contribution in [-0.4, -0.2) is 101 Å². The van der Waals surface area contributed by atoms with Crippen LogP contribution >= 0.6 is 0 Å². The Bertz CT molecular complexity index is 1570. The van der Waals surface area contributed by atoms with Gasteiger partial charge in [-0.05, 0) is 36.1 Å². The van der Waals surface area contributed by atoms with E-state index in [1.54, 1.807) is 36.2 Å². The van der Waals surface area contributed by atoms with Gasteiger partial charge in [0.25, 0.3) is 0 Å². The Morgan fingerprint density at radius 1 is 0.686 bits per heavy atom. The number of rotatable bonds is 12. The molecule has 2 aromatic rings. The Kier molecular flexibility index (Phi) is 11.2. The second kappa shape index (κ2) is 15.9. The normalized spacial score (nSPS) is 19.9. The number of benzene rings is 2. The molecule has 2 amide bonds. The molecule has 0 bridgehead atoms. The first kappa shape index (κ1) is 35.9. The highest BCUT2D eigenvalue weighted by atomic mass is 16.6. The lowest BCUT2D eigenvalue weighted by Gasteiger charge is -2.26. The highest BCUT2D eigenvalue weighted by Crippen LogP contribution is 2.42. The quantitative estimate of drug-likeness (QED) is 0.191. The van der Waals surface area contributed by atoms with Crippen molar-refractivity contribution in [2.45, 2.75) is 44.4 Å². The lowest BCUT2D eigenvalue weighted by atomic mass is 10.1. The van der Waals surface area contributed by atoms with Crippen LogP contribution in [0.5, 0.6) is 23.0 Å². The third-order valence-electron chi connectivity index (χ3n) is 9.67. The van der Waals surface area contributed by atoms with Crippen LogP contribution in [0.2, 0.25) is 0 Å². The van der Waals surface area contributed by atoms with Crippen LogP contribution in [0.1, 0.15) is 30.4 Å². The van der Waals surface area contributed by atoms with Gasteiger partial charge in [-0.15, -0.1) is 0 Å². The van der Waals surface area contributed by atoms with E-state index in [1.807, 2.05) is 24.3 Å². The van der Waals surface area contributed by atoms with E-state index in [9.17, 15) is 9.59 Å².